The quantitative estimate of drug-likeness (QED) is 0.363. The Bertz CT molecular complexity index is 100. The fraction of sp³-hybridized carbons (Fsp3) is 1.00. The van der Waals surface area contributed by atoms with Gasteiger partial charge in [-0.1, -0.05) is 13.8 Å². The predicted molar refractivity (Wildman–Crippen MR) is 61.6 cm³/mol. The summed E-state index contributed by atoms with van der Waals surface area (Å²) in [5, 5.41) is 2.10. The molecule has 0 aromatic carbocycles. The summed E-state index contributed by atoms with van der Waals surface area (Å²) < 4.78 is 0. The van der Waals surface area contributed by atoms with Crippen LogP contribution < -0.4 is 16.6 Å². The van der Waals surface area contributed by atoms with E-state index < -0.39 is 0 Å². The van der Waals surface area contributed by atoms with Gasteiger partial charge in [0.2, 0.25) is 0 Å². The van der Waals surface area contributed by atoms with Crippen molar-refractivity contribution in [2.45, 2.75) is 39.5 Å². The number of rotatable bonds is 10. The van der Waals surface area contributed by atoms with Crippen molar-refractivity contribution in [3.8, 4) is 0 Å². The first-order chi connectivity index (χ1) is 6.85. The molecule has 0 atom stereocenters. The number of hydrogen-bond donors (Lipinski definition) is 3. The van der Waals surface area contributed by atoms with Crippen molar-refractivity contribution in [2.75, 3.05) is 26.2 Å². The molecule has 4 nitrogen and oxygen atoms in total. The fourth-order valence-corrected chi connectivity index (χ4v) is 1.12. The Balaban J connectivity index is 3.49. The molecule has 0 aromatic heterocycles. The Kier molecular flexibility index (Phi) is 10.8. The van der Waals surface area contributed by atoms with Crippen LogP contribution in [-0.4, -0.2) is 31.3 Å². The van der Waals surface area contributed by atoms with Gasteiger partial charge in [-0.3, -0.25) is 0 Å². The molecule has 14 heavy (non-hydrogen) atoms. The minimum Gasteiger partial charge on any atom is -0.330 e. The molecule has 0 amide bonds. The summed E-state index contributed by atoms with van der Waals surface area (Å²) in [6.07, 6.45) is 4.55. The van der Waals surface area contributed by atoms with Gasteiger partial charge in [0.05, 0.1) is 0 Å². The third-order valence-corrected chi connectivity index (χ3v) is 1.94. The van der Waals surface area contributed by atoms with E-state index >= 15 is 0 Å². The smallest absolute Gasteiger partial charge is 0.0288 e. The highest BCUT2D eigenvalue weighted by molar-refractivity contribution is 4.49. The zero-order chi connectivity index (χ0) is 10.6. The molecular weight excluding hydrogens is 176 g/mol. The highest BCUT2D eigenvalue weighted by atomic mass is 15.7. The van der Waals surface area contributed by atoms with Crippen LogP contribution >= 0.6 is 0 Å². The summed E-state index contributed by atoms with van der Waals surface area (Å²) in [6, 6.07) is 0. The molecular formula is C10H26N4. The first-order valence-corrected chi connectivity index (χ1v) is 5.79. The largest absolute Gasteiger partial charge is 0.330 e. The molecule has 0 aliphatic rings. The van der Waals surface area contributed by atoms with Crippen molar-refractivity contribution < 1.29 is 0 Å². The van der Waals surface area contributed by atoms with E-state index in [1.54, 1.807) is 0 Å². The van der Waals surface area contributed by atoms with Gasteiger partial charge in [-0.05, 0) is 32.2 Å². The number of nitrogens with two attached hydrogens (primary N) is 1. The standard InChI is InChI=1S/C10H26N4/c1-3-8-12-14(13-9-4-2)10-6-5-7-11/h12-13H,3-11H2,1-2H3. The van der Waals surface area contributed by atoms with Crippen molar-refractivity contribution >= 4 is 0 Å². The minimum absolute atomic E-state index is 0.787. The van der Waals surface area contributed by atoms with E-state index in [4.69, 9.17) is 5.73 Å². The first kappa shape index (κ1) is 13.8. The molecule has 0 saturated carbocycles. The Morgan fingerprint density at radius 2 is 1.57 bits per heavy atom. The average Bonchev–Trinajstić information content (AvgIpc) is 2.21. The zero-order valence-electron chi connectivity index (χ0n) is 9.68. The van der Waals surface area contributed by atoms with E-state index in [2.05, 4.69) is 29.8 Å². The van der Waals surface area contributed by atoms with Gasteiger partial charge in [0, 0.05) is 19.6 Å². The number of unbranched alkanes of at least 4 members (excludes halogenated alkanes) is 1. The van der Waals surface area contributed by atoms with Crippen LogP contribution in [-0.2, 0) is 0 Å². The summed E-state index contributed by atoms with van der Waals surface area (Å²) in [7, 11) is 0. The molecule has 4 N–H and O–H groups in total. The molecule has 0 spiro atoms. The van der Waals surface area contributed by atoms with Gasteiger partial charge in [0.15, 0.2) is 0 Å². The van der Waals surface area contributed by atoms with Crippen LogP contribution in [0.2, 0.25) is 0 Å². The van der Waals surface area contributed by atoms with Crippen molar-refractivity contribution in [1.29, 1.82) is 0 Å². The number of nitrogens with zero attached hydrogens (tertiary/aromatic N) is 1. The van der Waals surface area contributed by atoms with Gasteiger partial charge in [0.25, 0.3) is 0 Å². The lowest BCUT2D eigenvalue weighted by Crippen LogP contribution is -2.49. The van der Waals surface area contributed by atoms with Gasteiger partial charge in [0.1, 0.15) is 0 Å². The van der Waals surface area contributed by atoms with Crippen molar-refractivity contribution in [3.63, 3.8) is 0 Å². The van der Waals surface area contributed by atoms with E-state index in [0.717, 1.165) is 51.9 Å². The molecule has 0 bridgehead atoms. The molecule has 0 saturated heterocycles. The Morgan fingerprint density at radius 3 is 2.00 bits per heavy atom. The lowest BCUT2D eigenvalue weighted by atomic mass is 10.3. The van der Waals surface area contributed by atoms with Crippen LogP contribution in [0.1, 0.15) is 39.5 Å². The maximum Gasteiger partial charge on any atom is 0.0288 e. The molecule has 4 heteroatoms. The van der Waals surface area contributed by atoms with E-state index in [1.165, 1.54) is 0 Å². The second-order valence-corrected chi connectivity index (χ2v) is 3.46. The second kappa shape index (κ2) is 10.9. The maximum atomic E-state index is 5.46. The van der Waals surface area contributed by atoms with E-state index in [0.29, 0.717) is 0 Å². The van der Waals surface area contributed by atoms with Crippen molar-refractivity contribution in [3.05, 3.63) is 0 Å². The highest BCUT2D eigenvalue weighted by Gasteiger charge is 2.00. The Morgan fingerprint density at radius 1 is 1.00 bits per heavy atom. The molecule has 0 unspecified atom stereocenters. The number of hydrogen-bond acceptors (Lipinski definition) is 4. The van der Waals surface area contributed by atoms with Crippen LogP contribution in [0.5, 0.6) is 0 Å². The van der Waals surface area contributed by atoms with Crippen LogP contribution in [0, 0.1) is 0 Å². The Hall–Kier alpha value is -0.160. The lowest BCUT2D eigenvalue weighted by Gasteiger charge is -2.23. The normalized spacial score (nSPS) is 11.1. The van der Waals surface area contributed by atoms with Crippen molar-refractivity contribution in [2.24, 2.45) is 5.73 Å². The van der Waals surface area contributed by atoms with E-state index in [1.807, 2.05) is 0 Å². The van der Waals surface area contributed by atoms with Gasteiger partial charge < -0.3 is 5.73 Å². The summed E-state index contributed by atoms with van der Waals surface area (Å²) in [5.41, 5.74) is 12.1. The van der Waals surface area contributed by atoms with Gasteiger partial charge in [-0.15, -0.1) is 0 Å². The van der Waals surface area contributed by atoms with Crippen LogP contribution in [0.3, 0.4) is 0 Å². The average molecular weight is 202 g/mol. The molecule has 0 rings (SSSR count). The van der Waals surface area contributed by atoms with Crippen LogP contribution in [0.25, 0.3) is 0 Å². The number of hydrazine groups is 2. The molecule has 0 aliphatic carbocycles. The molecule has 0 heterocycles. The molecule has 0 radical (unpaired) electrons. The summed E-state index contributed by atoms with van der Waals surface area (Å²) >= 11 is 0. The van der Waals surface area contributed by atoms with Crippen LogP contribution in [0.4, 0.5) is 0 Å². The third kappa shape index (κ3) is 8.44. The molecule has 0 fully saturated rings. The second-order valence-electron chi connectivity index (χ2n) is 3.46. The molecule has 86 valence electrons. The summed E-state index contributed by atoms with van der Waals surface area (Å²) in [4.78, 5) is 0. The SMILES string of the molecule is CCCNN(CCCCN)NCCC. The highest BCUT2D eigenvalue weighted by Crippen LogP contribution is 1.89. The molecule has 0 aliphatic heterocycles. The topological polar surface area (TPSA) is 53.3 Å². The van der Waals surface area contributed by atoms with Gasteiger partial charge in [-0.25, -0.2) is 10.9 Å². The van der Waals surface area contributed by atoms with E-state index in [-0.39, 0.29) is 0 Å². The minimum atomic E-state index is 0.787. The predicted octanol–water partition coefficient (Wildman–Crippen LogP) is 0.857. The zero-order valence-corrected chi connectivity index (χ0v) is 9.68. The van der Waals surface area contributed by atoms with Gasteiger partial charge in [-0.2, -0.15) is 5.12 Å². The maximum absolute atomic E-state index is 5.46. The first-order valence-electron chi connectivity index (χ1n) is 5.79. The summed E-state index contributed by atoms with van der Waals surface area (Å²) in [6.45, 7) is 8.21. The third-order valence-electron chi connectivity index (χ3n) is 1.94. The Labute approximate surface area is 88.2 Å². The van der Waals surface area contributed by atoms with Crippen molar-refractivity contribution in [1.82, 2.24) is 16.0 Å². The van der Waals surface area contributed by atoms with E-state index in [9.17, 15) is 0 Å². The van der Waals surface area contributed by atoms with Gasteiger partial charge >= 0.3 is 0 Å². The van der Waals surface area contributed by atoms with Crippen LogP contribution in [0.15, 0.2) is 0 Å². The molecule has 0 aromatic rings. The monoisotopic (exact) mass is 202 g/mol. The number of nitrogens with one attached hydrogen (secondary N) is 2. The summed E-state index contributed by atoms with van der Waals surface area (Å²) in [5.74, 6) is 0. The lowest BCUT2D eigenvalue weighted by molar-refractivity contribution is 0.112. The fourth-order valence-electron chi connectivity index (χ4n) is 1.12.